The molecular formula is C14H20F3N3. The van der Waals surface area contributed by atoms with Gasteiger partial charge in [0, 0.05) is 13.1 Å². The summed E-state index contributed by atoms with van der Waals surface area (Å²) >= 11 is 0. The summed E-state index contributed by atoms with van der Waals surface area (Å²) in [7, 11) is 0. The van der Waals surface area contributed by atoms with Crippen molar-refractivity contribution in [1.29, 1.82) is 0 Å². The number of hydrogen-bond donors (Lipinski definition) is 2. The Hall–Kier alpha value is -1.46. The van der Waals surface area contributed by atoms with E-state index in [1.165, 1.54) is 6.42 Å². The van der Waals surface area contributed by atoms with Gasteiger partial charge in [0.05, 0.1) is 5.56 Å². The Kier molecular flexibility index (Phi) is 4.11. The third-order valence-electron chi connectivity index (χ3n) is 3.77. The van der Waals surface area contributed by atoms with Crippen molar-refractivity contribution in [2.24, 2.45) is 5.41 Å². The van der Waals surface area contributed by atoms with Crippen LogP contribution in [-0.4, -0.2) is 18.1 Å². The maximum absolute atomic E-state index is 12.9. The van der Waals surface area contributed by atoms with Crippen LogP contribution in [0, 0.1) is 5.41 Å². The molecule has 0 radical (unpaired) electrons. The van der Waals surface area contributed by atoms with Crippen LogP contribution in [0.2, 0.25) is 0 Å². The van der Waals surface area contributed by atoms with Gasteiger partial charge in [-0.05, 0) is 37.3 Å². The number of aromatic nitrogens is 1. The topological polar surface area (TPSA) is 37.0 Å². The monoisotopic (exact) mass is 287 g/mol. The van der Waals surface area contributed by atoms with Crippen LogP contribution in [0.1, 0.15) is 38.7 Å². The minimum atomic E-state index is -4.36. The summed E-state index contributed by atoms with van der Waals surface area (Å²) in [6, 6.07) is 2.11. The Morgan fingerprint density at radius 1 is 1.20 bits per heavy atom. The first-order valence-corrected chi connectivity index (χ1v) is 6.89. The number of nitrogens with one attached hydrogen (secondary N) is 2. The molecular weight excluding hydrogens is 267 g/mol. The van der Waals surface area contributed by atoms with Crippen LogP contribution in [0.15, 0.2) is 12.1 Å². The number of anilines is 2. The molecule has 1 heterocycles. The average molecular weight is 287 g/mol. The van der Waals surface area contributed by atoms with Gasteiger partial charge in [0.15, 0.2) is 0 Å². The lowest BCUT2D eigenvalue weighted by molar-refractivity contribution is -0.137. The summed E-state index contributed by atoms with van der Waals surface area (Å²) in [6.45, 7) is 5.16. The molecule has 0 bridgehead atoms. The Morgan fingerprint density at radius 3 is 2.25 bits per heavy atom. The van der Waals surface area contributed by atoms with E-state index in [9.17, 15) is 13.2 Å². The molecule has 0 spiro atoms. The lowest BCUT2D eigenvalue weighted by atomic mass is 9.70. The summed E-state index contributed by atoms with van der Waals surface area (Å²) in [5.41, 5.74) is -0.487. The van der Waals surface area contributed by atoms with Crippen LogP contribution in [0.5, 0.6) is 0 Å². The van der Waals surface area contributed by atoms with E-state index in [0.717, 1.165) is 25.0 Å². The largest absolute Gasteiger partial charge is 0.416 e. The molecule has 20 heavy (non-hydrogen) atoms. The maximum atomic E-state index is 12.9. The molecule has 6 heteroatoms. The highest BCUT2D eigenvalue weighted by Gasteiger charge is 2.33. The van der Waals surface area contributed by atoms with Gasteiger partial charge in [0.25, 0.3) is 0 Å². The standard InChI is InChI=1S/C14H20F3N3/c1-3-18-11-7-10(14(15,16)17)8-12(20-11)19-9-13(2)5-4-6-13/h7-8H,3-6,9H2,1-2H3,(H2,18,19,20). The predicted octanol–water partition coefficient (Wildman–Crippen LogP) is 4.13. The second kappa shape index (κ2) is 5.50. The Labute approximate surface area is 117 Å². The van der Waals surface area contributed by atoms with E-state index >= 15 is 0 Å². The fourth-order valence-electron chi connectivity index (χ4n) is 2.32. The number of rotatable bonds is 5. The van der Waals surface area contributed by atoms with Crippen molar-refractivity contribution >= 4 is 11.6 Å². The second-order valence-electron chi connectivity index (χ2n) is 5.67. The minimum absolute atomic E-state index is 0.189. The summed E-state index contributed by atoms with van der Waals surface area (Å²) in [5.74, 6) is 0.535. The second-order valence-corrected chi connectivity index (χ2v) is 5.67. The Morgan fingerprint density at radius 2 is 1.80 bits per heavy atom. The van der Waals surface area contributed by atoms with Crippen molar-refractivity contribution in [3.05, 3.63) is 17.7 Å². The molecule has 2 rings (SSSR count). The van der Waals surface area contributed by atoms with E-state index in [1.54, 1.807) is 0 Å². The summed E-state index contributed by atoms with van der Waals surface area (Å²) < 4.78 is 38.6. The normalized spacial score (nSPS) is 17.4. The van der Waals surface area contributed by atoms with Crippen molar-refractivity contribution in [1.82, 2.24) is 4.98 Å². The maximum Gasteiger partial charge on any atom is 0.416 e. The highest BCUT2D eigenvalue weighted by atomic mass is 19.4. The van der Waals surface area contributed by atoms with Crippen LogP contribution in [0.4, 0.5) is 24.8 Å². The van der Waals surface area contributed by atoms with Gasteiger partial charge < -0.3 is 10.6 Å². The molecule has 3 nitrogen and oxygen atoms in total. The lowest BCUT2D eigenvalue weighted by Crippen LogP contribution is -2.33. The van der Waals surface area contributed by atoms with E-state index in [4.69, 9.17) is 0 Å². The van der Waals surface area contributed by atoms with Gasteiger partial charge in [0.2, 0.25) is 0 Å². The number of pyridine rings is 1. The zero-order valence-electron chi connectivity index (χ0n) is 11.8. The van der Waals surface area contributed by atoms with Gasteiger partial charge in [0.1, 0.15) is 11.6 Å². The van der Waals surface area contributed by atoms with Gasteiger partial charge >= 0.3 is 6.18 Å². The first-order valence-electron chi connectivity index (χ1n) is 6.89. The van der Waals surface area contributed by atoms with Crippen LogP contribution >= 0.6 is 0 Å². The molecule has 1 aliphatic rings. The quantitative estimate of drug-likeness (QED) is 0.854. The molecule has 0 aliphatic heterocycles. The fraction of sp³-hybridized carbons (Fsp3) is 0.643. The molecule has 0 amide bonds. The Bertz CT molecular complexity index is 467. The number of halogens is 3. The fourth-order valence-corrected chi connectivity index (χ4v) is 2.32. The average Bonchev–Trinajstić information content (AvgIpc) is 2.33. The van der Waals surface area contributed by atoms with Gasteiger partial charge in [-0.3, -0.25) is 0 Å². The lowest BCUT2D eigenvalue weighted by Gasteiger charge is -2.38. The van der Waals surface area contributed by atoms with Crippen molar-refractivity contribution in [3.8, 4) is 0 Å². The number of alkyl halides is 3. The summed E-state index contributed by atoms with van der Waals surface area (Å²) in [4.78, 5) is 4.18. The van der Waals surface area contributed by atoms with E-state index in [0.29, 0.717) is 13.1 Å². The van der Waals surface area contributed by atoms with Crippen molar-refractivity contribution in [3.63, 3.8) is 0 Å². The molecule has 1 aliphatic carbocycles. The molecule has 0 saturated heterocycles. The molecule has 1 fully saturated rings. The van der Waals surface area contributed by atoms with Gasteiger partial charge in [-0.25, -0.2) is 4.98 Å². The first-order chi connectivity index (χ1) is 9.32. The van der Waals surface area contributed by atoms with E-state index in [2.05, 4.69) is 22.5 Å². The van der Waals surface area contributed by atoms with Gasteiger partial charge in [-0.1, -0.05) is 13.3 Å². The van der Waals surface area contributed by atoms with E-state index < -0.39 is 11.7 Å². The Balaban J connectivity index is 2.15. The zero-order chi connectivity index (χ0) is 14.8. The summed E-state index contributed by atoms with van der Waals surface area (Å²) in [6.07, 6.45) is -0.946. The predicted molar refractivity (Wildman–Crippen MR) is 73.9 cm³/mol. The van der Waals surface area contributed by atoms with Gasteiger partial charge in [-0.15, -0.1) is 0 Å². The number of hydrogen-bond acceptors (Lipinski definition) is 3. The van der Waals surface area contributed by atoms with Crippen LogP contribution in [0.3, 0.4) is 0 Å². The van der Waals surface area contributed by atoms with Crippen molar-refractivity contribution < 1.29 is 13.2 Å². The van der Waals surface area contributed by atoms with Crippen molar-refractivity contribution in [2.75, 3.05) is 23.7 Å². The molecule has 112 valence electrons. The van der Waals surface area contributed by atoms with E-state index in [1.807, 2.05) is 6.92 Å². The molecule has 0 atom stereocenters. The molecule has 0 unspecified atom stereocenters. The highest BCUT2D eigenvalue weighted by Crippen LogP contribution is 2.40. The third kappa shape index (κ3) is 3.55. The third-order valence-corrected chi connectivity index (χ3v) is 3.77. The molecule has 1 saturated carbocycles. The zero-order valence-corrected chi connectivity index (χ0v) is 11.8. The van der Waals surface area contributed by atoms with E-state index in [-0.39, 0.29) is 17.1 Å². The highest BCUT2D eigenvalue weighted by molar-refractivity contribution is 5.49. The smallest absolute Gasteiger partial charge is 0.370 e. The summed E-state index contributed by atoms with van der Waals surface area (Å²) in [5, 5.41) is 5.88. The minimum Gasteiger partial charge on any atom is -0.370 e. The molecule has 0 aromatic carbocycles. The first kappa shape index (κ1) is 14.9. The number of nitrogens with zero attached hydrogens (tertiary/aromatic N) is 1. The van der Waals surface area contributed by atoms with Gasteiger partial charge in [-0.2, -0.15) is 13.2 Å². The van der Waals surface area contributed by atoms with Crippen LogP contribution < -0.4 is 10.6 Å². The molecule has 2 N–H and O–H groups in total. The molecule has 1 aromatic rings. The molecule has 1 aromatic heterocycles. The van der Waals surface area contributed by atoms with Crippen LogP contribution in [0.25, 0.3) is 0 Å². The SMILES string of the molecule is CCNc1cc(C(F)(F)F)cc(NCC2(C)CCC2)n1. The van der Waals surface area contributed by atoms with Crippen molar-refractivity contribution in [2.45, 2.75) is 39.3 Å². The van der Waals surface area contributed by atoms with Crippen LogP contribution in [-0.2, 0) is 6.18 Å².